The van der Waals surface area contributed by atoms with Gasteiger partial charge in [-0.1, -0.05) is 24.8 Å². The second-order valence-corrected chi connectivity index (χ2v) is 7.57. The molecule has 1 aromatic carbocycles. The third kappa shape index (κ3) is 4.98. The van der Waals surface area contributed by atoms with Crippen LogP contribution in [-0.4, -0.2) is 26.5 Å². The van der Waals surface area contributed by atoms with Crippen LogP contribution < -0.4 is 16.2 Å². The molecule has 0 saturated carbocycles. The van der Waals surface area contributed by atoms with Crippen molar-refractivity contribution < 1.29 is 0 Å². The van der Waals surface area contributed by atoms with Gasteiger partial charge < -0.3 is 20.6 Å². The number of imidazole rings is 1. The quantitative estimate of drug-likeness (QED) is 0.321. The summed E-state index contributed by atoms with van der Waals surface area (Å²) < 4.78 is 0. The molecule has 3 aromatic heterocycles. The molecule has 0 saturated heterocycles. The molecule has 0 fully saturated rings. The van der Waals surface area contributed by atoms with Crippen LogP contribution in [0.1, 0.15) is 22.2 Å². The van der Waals surface area contributed by atoms with E-state index in [0.717, 1.165) is 51.9 Å². The molecule has 4 rings (SSSR count). The van der Waals surface area contributed by atoms with Crippen molar-refractivity contribution in [1.29, 1.82) is 0 Å². The van der Waals surface area contributed by atoms with E-state index < -0.39 is 0 Å². The van der Waals surface area contributed by atoms with Gasteiger partial charge in [0.2, 0.25) is 5.56 Å². The summed E-state index contributed by atoms with van der Waals surface area (Å²) in [7, 11) is 0. The molecule has 148 valence electrons. The first kappa shape index (κ1) is 19.1. The number of aromatic nitrogens is 4. The third-order valence-electron chi connectivity index (χ3n) is 4.43. The first-order valence-corrected chi connectivity index (χ1v) is 10.3. The first-order chi connectivity index (χ1) is 14.2. The lowest BCUT2D eigenvalue weighted by atomic mass is 10.3. The normalized spacial score (nSPS) is 11.0. The van der Waals surface area contributed by atoms with Crippen molar-refractivity contribution >= 4 is 28.1 Å². The molecule has 0 aliphatic heterocycles. The van der Waals surface area contributed by atoms with E-state index >= 15 is 0 Å². The van der Waals surface area contributed by atoms with Gasteiger partial charge in [0.1, 0.15) is 5.82 Å². The minimum atomic E-state index is -0.110. The molecule has 0 amide bonds. The lowest BCUT2D eigenvalue weighted by Gasteiger charge is -2.07. The number of pyridine rings is 1. The molecule has 29 heavy (non-hydrogen) atoms. The number of benzene rings is 1. The van der Waals surface area contributed by atoms with Gasteiger partial charge in [-0.25, -0.2) is 9.97 Å². The summed E-state index contributed by atoms with van der Waals surface area (Å²) >= 11 is 1.62. The number of hydrogen-bond donors (Lipinski definition) is 4. The van der Waals surface area contributed by atoms with Crippen molar-refractivity contribution in [2.24, 2.45) is 0 Å². The number of nitrogens with zero attached hydrogens (tertiary/aromatic N) is 2. The van der Waals surface area contributed by atoms with Gasteiger partial charge in [0.15, 0.2) is 0 Å². The van der Waals surface area contributed by atoms with Crippen molar-refractivity contribution in [2.75, 3.05) is 6.54 Å². The molecule has 0 unspecified atom stereocenters. The molecule has 0 aliphatic carbocycles. The average Bonchev–Trinajstić information content (AvgIpc) is 3.36. The molecular weight excluding hydrogens is 384 g/mol. The minimum absolute atomic E-state index is 0.110. The number of H-pyrrole nitrogens is 2. The summed E-state index contributed by atoms with van der Waals surface area (Å²) in [5.74, 6) is 0.933. The van der Waals surface area contributed by atoms with Gasteiger partial charge in [-0.3, -0.25) is 4.79 Å². The van der Waals surface area contributed by atoms with Gasteiger partial charge >= 0.3 is 0 Å². The Morgan fingerprint density at radius 3 is 2.83 bits per heavy atom. The Hall–Kier alpha value is -3.23. The number of aromatic amines is 2. The highest BCUT2D eigenvalue weighted by molar-refractivity contribution is 7.09. The maximum atomic E-state index is 11.3. The molecule has 7 nitrogen and oxygen atoms in total. The predicted molar refractivity (Wildman–Crippen MR) is 117 cm³/mol. The number of thiazole rings is 1. The summed E-state index contributed by atoms with van der Waals surface area (Å²) in [6.45, 7) is 6.05. The lowest BCUT2D eigenvalue weighted by Crippen LogP contribution is -2.17. The topological polar surface area (TPSA) is 98.5 Å². The maximum absolute atomic E-state index is 11.3. The molecular formula is C21H22N6OS. The molecule has 4 N–H and O–H groups in total. The van der Waals surface area contributed by atoms with Crippen molar-refractivity contribution in [3.05, 3.63) is 87.0 Å². The highest BCUT2D eigenvalue weighted by Gasteiger charge is 2.06. The summed E-state index contributed by atoms with van der Waals surface area (Å²) in [6, 6.07) is 13.1. The number of fused-ring (bicyclic) bond motifs is 1. The monoisotopic (exact) mass is 406 g/mol. The molecule has 0 aliphatic rings. The van der Waals surface area contributed by atoms with Gasteiger partial charge in [-0.2, -0.15) is 0 Å². The van der Waals surface area contributed by atoms with Crippen LogP contribution in [-0.2, 0) is 19.5 Å². The highest BCUT2D eigenvalue weighted by atomic mass is 32.1. The van der Waals surface area contributed by atoms with Gasteiger partial charge in [0, 0.05) is 30.1 Å². The Bertz CT molecular complexity index is 1140. The second-order valence-electron chi connectivity index (χ2n) is 6.63. The predicted octanol–water partition coefficient (Wildman–Crippen LogP) is 2.80. The van der Waals surface area contributed by atoms with Crippen molar-refractivity contribution in [3.8, 4) is 0 Å². The molecule has 0 bridgehead atoms. The van der Waals surface area contributed by atoms with E-state index in [0.29, 0.717) is 13.1 Å². The zero-order valence-corrected chi connectivity index (χ0v) is 16.7. The molecule has 0 atom stereocenters. The van der Waals surface area contributed by atoms with E-state index in [1.807, 2.05) is 35.7 Å². The number of rotatable bonds is 9. The molecule has 0 spiro atoms. The maximum Gasteiger partial charge on any atom is 0.248 e. The summed E-state index contributed by atoms with van der Waals surface area (Å²) in [6.07, 6.45) is 0.837. The Balaban J connectivity index is 1.23. The summed E-state index contributed by atoms with van der Waals surface area (Å²) in [4.78, 5) is 26.6. The highest BCUT2D eigenvalue weighted by Crippen LogP contribution is 2.16. The lowest BCUT2D eigenvalue weighted by molar-refractivity contribution is 0.665. The Labute approximate surface area is 171 Å². The number of nitrogens with one attached hydrogen (secondary N) is 4. The van der Waals surface area contributed by atoms with Gasteiger partial charge in [0.25, 0.3) is 0 Å². The SMILES string of the molecule is C=C(NCc1cccc(=O)[nH]1)c1csc(CCNCc2nc3ccccc3[nH]2)n1. The molecule has 8 heteroatoms. The van der Waals surface area contributed by atoms with Crippen molar-refractivity contribution in [2.45, 2.75) is 19.5 Å². The van der Waals surface area contributed by atoms with E-state index in [9.17, 15) is 4.79 Å². The van der Waals surface area contributed by atoms with Gasteiger partial charge in [0.05, 0.1) is 40.5 Å². The molecule has 4 aromatic rings. The largest absolute Gasteiger partial charge is 0.378 e. The second kappa shape index (κ2) is 8.85. The van der Waals surface area contributed by atoms with Crippen LogP contribution in [0, 0.1) is 0 Å². The fourth-order valence-corrected chi connectivity index (χ4v) is 3.76. The zero-order chi connectivity index (χ0) is 20.1. The Kier molecular flexibility index (Phi) is 5.83. The zero-order valence-electron chi connectivity index (χ0n) is 15.9. The van der Waals surface area contributed by atoms with Crippen LogP contribution in [0.15, 0.2) is 59.2 Å². The Morgan fingerprint density at radius 1 is 1.07 bits per heavy atom. The van der Waals surface area contributed by atoms with Crippen molar-refractivity contribution in [1.82, 2.24) is 30.6 Å². The smallest absolute Gasteiger partial charge is 0.248 e. The van der Waals surface area contributed by atoms with E-state index in [1.165, 1.54) is 6.07 Å². The van der Waals surface area contributed by atoms with Crippen LogP contribution in [0.4, 0.5) is 0 Å². The number of para-hydroxylation sites is 2. The minimum Gasteiger partial charge on any atom is -0.378 e. The van der Waals surface area contributed by atoms with Gasteiger partial charge in [-0.15, -0.1) is 11.3 Å². The van der Waals surface area contributed by atoms with Crippen LogP contribution in [0.3, 0.4) is 0 Å². The Morgan fingerprint density at radius 2 is 1.97 bits per heavy atom. The van der Waals surface area contributed by atoms with E-state index in [4.69, 9.17) is 0 Å². The fraction of sp³-hybridized carbons (Fsp3) is 0.190. The third-order valence-corrected chi connectivity index (χ3v) is 5.34. The molecule has 3 heterocycles. The summed E-state index contributed by atoms with van der Waals surface area (Å²) in [5, 5.41) is 9.66. The van der Waals surface area contributed by atoms with Crippen LogP contribution >= 0.6 is 11.3 Å². The van der Waals surface area contributed by atoms with Crippen molar-refractivity contribution in [3.63, 3.8) is 0 Å². The average molecular weight is 407 g/mol. The van der Waals surface area contributed by atoms with Gasteiger partial charge in [-0.05, 0) is 18.2 Å². The first-order valence-electron chi connectivity index (χ1n) is 9.37. The number of hydrogen-bond acceptors (Lipinski definition) is 6. The standard InChI is InChI=1S/C21H22N6OS/c1-14(23-11-15-5-4-8-20(28)24-15)18-13-29-21(27-18)9-10-22-12-19-25-16-6-2-3-7-17(16)26-19/h2-8,13,22-23H,1,9-12H2,(H,24,28)(H,25,26). The van der Waals surface area contributed by atoms with Crippen LogP contribution in [0.2, 0.25) is 0 Å². The summed E-state index contributed by atoms with van der Waals surface area (Å²) in [5.41, 5.74) is 4.32. The van der Waals surface area contributed by atoms with Crippen LogP contribution in [0.25, 0.3) is 16.7 Å². The van der Waals surface area contributed by atoms with Crippen LogP contribution in [0.5, 0.6) is 0 Å². The molecule has 0 radical (unpaired) electrons. The fourth-order valence-electron chi connectivity index (χ4n) is 2.94. The van der Waals surface area contributed by atoms with E-state index in [1.54, 1.807) is 17.4 Å². The van der Waals surface area contributed by atoms with E-state index in [-0.39, 0.29) is 5.56 Å². The van der Waals surface area contributed by atoms with E-state index in [2.05, 4.69) is 37.1 Å².